The maximum Gasteiger partial charge on any atom is 0.319 e. The van der Waals surface area contributed by atoms with Crippen LogP contribution in [0.1, 0.15) is 48.6 Å². The first kappa shape index (κ1) is 17.3. The van der Waals surface area contributed by atoms with Crippen molar-refractivity contribution < 1.29 is 4.79 Å². The van der Waals surface area contributed by atoms with Gasteiger partial charge in [0.15, 0.2) is 0 Å². The Kier molecular flexibility index (Phi) is 5.22. The summed E-state index contributed by atoms with van der Waals surface area (Å²) in [5.41, 5.74) is 5.54. The van der Waals surface area contributed by atoms with Crippen molar-refractivity contribution in [1.82, 2.24) is 15.5 Å². The van der Waals surface area contributed by atoms with E-state index in [9.17, 15) is 4.79 Å². The molecule has 1 atom stereocenters. The third-order valence-electron chi connectivity index (χ3n) is 4.76. The van der Waals surface area contributed by atoms with E-state index in [-0.39, 0.29) is 12.1 Å². The van der Waals surface area contributed by atoms with Crippen molar-refractivity contribution in [3.05, 3.63) is 59.4 Å². The minimum absolute atomic E-state index is 0.127. The summed E-state index contributed by atoms with van der Waals surface area (Å²) >= 11 is 0. The molecule has 0 fully saturated rings. The third kappa shape index (κ3) is 3.92. The van der Waals surface area contributed by atoms with E-state index in [4.69, 9.17) is 0 Å². The fourth-order valence-corrected chi connectivity index (χ4v) is 3.45. The molecule has 5 heteroatoms. The Morgan fingerprint density at radius 2 is 2.32 bits per heavy atom. The van der Waals surface area contributed by atoms with Crippen LogP contribution in [0.4, 0.5) is 10.5 Å². The average Bonchev–Trinajstić information content (AvgIpc) is 3.04. The number of carbonyl (C=O) groups is 1. The Bertz CT molecular complexity index is 763. The maximum absolute atomic E-state index is 12.6. The van der Waals surface area contributed by atoms with Gasteiger partial charge < -0.3 is 10.6 Å². The maximum atomic E-state index is 12.6. The van der Waals surface area contributed by atoms with E-state index < -0.39 is 0 Å². The van der Waals surface area contributed by atoms with Crippen LogP contribution in [0, 0.1) is 0 Å². The highest BCUT2D eigenvalue weighted by atomic mass is 16.2. The Morgan fingerprint density at radius 3 is 3.08 bits per heavy atom. The van der Waals surface area contributed by atoms with Gasteiger partial charge in [-0.15, -0.1) is 6.58 Å². The van der Waals surface area contributed by atoms with Crippen molar-refractivity contribution in [2.45, 2.75) is 51.5 Å². The molecule has 0 radical (unpaired) electrons. The molecular weight excluding hydrogens is 312 g/mol. The molecule has 0 aliphatic heterocycles. The van der Waals surface area contributed by atoms with E-state index in [1.807, 2.05) is 24.4 Å². The molecule has 3 N–H and O–H groups in total. The van der Waals surface area contributed by atoms with E-state index in [2.05, 4.69) is 47.3 Å². The van der Waals surface area contributed by atoms with Crippen LogP contribution >= 0.6 is 0 Å². The predicted octanol–water partition coefficient (Wildman–Crippen LogP) is 3.94. The number of para-hydroxylation sites is 1. The molecule has 2 aromatic rings. The van der Waals surface area contributed by atoms with Crippen molar-refractivity contribution in [3.8, 4) is 0 Å². The van der Waals surface area contributed by atoms with Gasteiger partial charge in [0.05, 0.1) is 6.20 Å². The Balaban J connectivity index is 1.71. The normalized spacial score (nSPS) is 16.4. The van der Waals surface area contributed by atoms with Crippen LogP contribution in [0.25, 0.3) is 0 Å². The zero-order chi connectivity index (χ0) is 17.8. The summed E-state index contributed by atoms with van der Waals surface area (Å²) < 4.78 is 0. The summed E-state index contributed by atoms with van der Waals surface area (Å²) in [6, 6.07) is 6.14. The molecule has 1 heterocycles. The second-order valence-electron chi connectivity index (χ2n) is 6.94. The lowest BCUT2D eigenvalue weighted by atomic mass is 9.94. The van der Waals surface area contributed by atoms with E-state index >= 15 is 0 Å². The minimum atomic E-state index is -0.147. The number of amides is 2. The molecule has 3 rings (SSSR count). The topological polar surface area (TPSA) is 69.8 Å². The number of nitrogens with zero attached hydrogens (tertiary/aromatic N) is 1. The largest absolute Gasteiger partial charge is 0.335 e. The van der Waals surface area contributed by atoms with Crippen molar-refractivity contribution in [1.29, 1.82) is 0 Å². The fourth-order valence-electron chi connectivity index (χ4n) is 3.45. The molecule has 0 saturated heterocycles. The SMILES string of the molecule is C=CCc1cccc(C(C)C)c1NC(=O)NC1CCc2cn[nH]c2C1. The monoisotopic (exact) mass is 338 g/mol. The molecule has 0 bridgehead atoms. The summed E-state index contributed by atoms with van der Waals surface area (Å²) in [4.78, 5) is 12.6. The van der Waals surface area contributed by atoms with Crippen LogP contribution in [-0.2, 0) is 19.3 Å². The van der Waals surface area contributed by atoms with E-state index in [1.54, 1.807) is 0 Å². The first-order chi connectivity index (χ1) is 12.1. The molecule has 2 amide bonds. The second kappa shape index (κ2) is 7.55. The van der Waals surface area contributed by atoms with Crippen LogP contribution in [0.3, 0.4) is 0 Å². The first-order valence-corrected chi connectivity index (χ1v) is 8.89. The van der Waals surface area contributed by atoms with Crippen molar-refractivity contribution in [3.63, 3.8) is 0 Å². The molecule has 1 aliphatic carbocycles. The van der Waals surface area contributed by atoms with E-state index in [1.165, 1.54) is 5.56 Å². The van der Waals surface area contributed by atoms with Crippen LogP contribution in [0.5, 0.6) is 0 Å². The number of hydrogen-bond acceptors (Lipinski definition) is 2. The van der Waals surface area contributed by atoms with E-state index in [0.29, 0.717) is 5.92 Å². The number of aromatic amines is 1. The Hall–Kier alpha value is -2.56. The number of aryl methyl sites for hydroxylation is 1. The summed E-state index contributed by atoms with van der Waals surface area (Å²) in [5, 5.41) is 13.3. The third-order valence-corrected chi connectivity index (χ3v) is 4.76. The molecule has 1 aliphatic rings. The molecule has 0 saturated carbocycles. The van der Waals surface area contributed by atoms with Gasteiger partial charge in [-0.05, 0) is 41.9 Å². The van der Waals surface area contributed by atoms with Gasteiger partial charge in [-0.3, -0.25) is 5.10 Å². The zero-order valence-electron chi connectivity index (χ0n) is 14.9. The number of carbonyl (C=O) groups excluding carboxylic acids is 1. The highest BCUT2D eigenvalue weighted by Gasteiger charge is 2.22. The van der Waals surface area contributed by atoms with Gasteiger partial charge in [-0.25, -0.2) is 4.79 Å². The average molecular weight is 338 g/mol. The molecule has 5 nitrogen and oxygen atoms in total. The quantitative estimate of drug-likeness (QED) is 0.723. The first-order valence-electron chi connectivity index (χ1n) is 8.89. The fraction of sp³-hybridized carbons (Fsp3) is 0.400. The number of hydrogen-bond donors (Lipinski definition) is 3. The van der Waals surface area contributed by atoms with Gasteiger partial charge in [0.25, 0.3) is 0 Å². The lowest BCUT2D eigenvalue weighted by molar-refractivity contribution is 0.247. The highest BCUT2D eigenvalue weighted by molar-refractivity contribution is 5.91. The van der Waals surface area contributed by atoms with Crippen molar-refractivity contribution >= 4 is 11.7 Å². The summed E-state index contributed by atoms with van der Waals surface area (Å²) in [6.07, 6.45) is 7.16. The lowest BCUT2D eigenvalue weighted by Crippen LogP contribution is -2.41. The van der Waals surface area contributed by atoms with Gasteiger partial charge in [0.2, 0.25) is 0 Å². The predicted molar refractivity (Wildman–Crippen MR) is 101 cm³/mol. The Morgan fingerprint density at radius 1 is 1.48 bits per heavy atom. The van der Waals surface area contributed by atoms with Crippen molar-refractivity contribution in [2.75, 3.05) is 5.32 Å². The number of allylic oxidation sites excluding steroid dienone is 1. The van der Waals surface area contributed by atoms with Gasteiger partial charge in [0.1, 0.15) is 0 Å². The Labute approximate surface area is 148 Å². The van der Waals surface area contributed by atoms with Crippen LogP contribution < -0.4 is 10.6 Å². The number of H-pyrrole nitrogens is 1. The van der Waals surface area contributed by atoms with Crippen LogP contribution in [-0.4, -0.2) is 22.3 Å². The van der Waals surface area contributed by atoms with Crippen molar-refractivity contribution in [2.24, 2.45) is 0 Å². The van der Waals surface area contributed by atoms with E-state index in [0.717, 1.165) is 48.2 Å². The zero-order valence-corrected chi connectivity index (χ0v) is 14.9. The molecule has 1 aromatic heterocycles. The number of anilines is 1. The number of rotatable bonds is 5. The number of nitrogens with one attached hydrogen (secondary N) is 3. The van der Waals surface area contributed by atoms with Crippen LogP contribution in [0.2, 0.25) is 0 Å². The number of fused-ring (bicyclic) bond motifs is 1. The van der Waals surface area contributed by atoms with Crippen LogP contribution in [0.15, 0.2) is 37.1 Å². The number of aromatic nitrogens is 2. The van der Waals surface area contributed by atoms with Gasteiger partial charge in [0, 0.05) is 23.8 Å². The lowest BCUT2D eigenvalue weighted by Gasteiger charge is -2.24. The summed E-state index contributed by atoms with van der Waals surface area (Å²) in [5.74, 6) is 0.335. The summed E-state index contributed by atoms with van der Waals surface area (Å²) in [6.45, 7) is 8.09. The molecule has 1 unspecified atom stereocenters. The van der Waals surface area contributed by atoms with Gasteiger partial charge in [-0.2, -0.15) is 5.10 Å². The molecule has 1 aromatic carbocycles. The minimum Gasteiger partial charge on any atom is -0.335 e. The summed E-state index contributed by atoms with van der Waals surface area (Å²) in [7, 11) is 0. The standard InChI is InChI=1S/C20H26N4O/c1-4-6-14-7-5-8-17(13(2)3)19(14)23-20(25)22-16-10-9-15-12-21-24-18(15)11-16/h4-5,7-8,12-13,16H,1,6,9-11H2,2-3H3,(H,21,24)(H2,22,23,25). The molecule has 132 valence electrons. The second-order valence-corrected chi connectivity index (χ2v) is 6.94. The number of urea groups is 1. The van der Waals surface area contributed by atoms with Gasteiger partial charge in [-0.1, -0.05) is 38.1 Å². The molecular formula is C20H26N4O. The smallest absolute Gasteiger partial charge is 0.319 e. The molecule has 0 spiro atoms. The number of benzene rings is 1. The molecule has 25 heavy (non-hydrogen) atoms. The highest BCUT2D eigenvalue weighted by Crippen LogP contribution is 2.28. The van der Waals surface area contributed by atoms with Gasteiger partial charge >= 0.3 is 6.03 Å².